The Balaban J connectivity index is 1.91. The number of carbonyl (C=O) groups excluding carboxylic acids is 2. The van der Waals surface area contributed by atoms with Crippen LogP contribution < -0.4 is 0 Å². The van der Waals surface area contributed by atoms with Gasteiger partial charge in [-0.25, -0.2) is 0 Å². The summed E-state index contributed by atoms with van der Waals surface area (Å²) in [7, 11) is 0. The lowest BCUT2D eigenvalue weighted by molar-refractivity contribution is -0.119. The van der Waals surface area contributed by atoms with Gasteiger partial charge in [-0.05, 0) is 24.3 Å². The standard InChI is InChI=1S/C16H14O2S2/c17-11-16(20-14-9-5-2-6-10-14)15(18)12-19-13-7-3-1-4-8-13/h1-11,16H,12H2. The average molecular weight is 302 g/mol. The molecule has 0 spiro atoms. The smallest absolute Gasteiger partial charge is 0.163 e. The summed E-state index contributed by atoms with van der Waals surface area (Å²) >= 11 is 2.76. The maximum atomic E-state index is 12.1. The number of hydrogen-bond donors (Lipinski definition) is 0. The third kappa shape index (κ3) is 4.54. The van der Waals surface area contributed by atoms with Crippen molar-refractivity contribution in [1.82, 2.24) is 0 Å². The molecule has 0 fully saturated rings. The van der Waals surface area contributed by atoms with Crippen LogP contribution in [0.3, 0.4) is 0 Å². The molecule has 0 heterocycles. The van der Waals surface area contributed by atoms with Gasteiger partial charge in [-0.1, -0.05) is 36.4 Å². The molecular weight excluding hydrogens is 288 g/mol. The van der Waals surface area contributed by atoms with Gasteiger partial charge in [0.15, 0.2) is 5.78 Å². The van der Waals surface area contributed by atoms with E-state index in [-0.39, 0.29) is 5.78 Å². The van der Waals surface area contributed by atoms with Crippen molar-refractivity contribution in [1.29, 1.82) is 0 Å². The fourth-order valence-electron chi connectivity index (χ4n) is 1.57. The summed E-state index contributed by atoms with van der Waals surface area (Å²) in [4.78, 5) is 25.2. The second-order valence-electron chi connectivity index (χ2n) is 4.06. The van der Waals surface area contributed by atoms with Crippen LogP contribution in [0.4, 0.5) is 0 Å². The summed E-state index contributed by atoms with van der Waals surface area (Å²) in [6.07, 6.45) is 0.728. The minimum atomic E-state index is -0.631. The van der Waals surface area contributed by atoms with E-state index in [1.54, 1.807) is 0 Å². The molecule has 1 atom stereocenters. The van der Waals surface area contributed by atoms with Gasteiger partial charge >= 0.3 is 0 Å². The van der Waals surface area contributed by atoms with Crippen molar-refractivity contribution in [3.05, 3.63) is 60.7 Å². The Kier molecular flexibility index (Phi) is 5.89. The molecule has 0 saturated carbocycles. The van der Waals surface area contributed by atoms with E-state index in [0.717, 1.165) is 16.1 Å². The average Bonchev–Trinajstić information content (AvgIpc) is 2.52. The molecule has 0 aromatic heterocycles. The van der Waals surface area contributed by atoms with Crippen LogP contribution in [0, 0.1) is 0 Å². The van der Waals surface area contributed by atoms with Crippen LogP contribution in [0.5, 0.6) is 0 Å². The second kappa shape index (κ2) is 7.92. The fraction of sp³-hybridized carbons (Fsp3) is 0.125. The molecule has 0 radical (unpaired) electrons. The van der Waals surface area contributed by atoms with Crippen molar-refractivity contribution in [2.24, 2.45) is 0 Å². The Morgan fingerprint density at radius 1 is 0.950 bits per heavy atom. The van der Waals surface area contributed by atoms with Crippen molar-refractivity contribution in [3.63, 3.8) is 0 Å². The normalized spacial score (nSPS) is 11.8. The van der Waals surface area contributed by atoms with Crippen LogP contribution in [0.15, 0.2) is 70.5 Å². The first-order chi connectivity index (χ1) is 9.79. The number of benzene rings is 2. The summed E-state index contributed by atoms with van der Waals surface area (Å²) in [5.74, 6) is 0.260. The van der Waals surface area contributed by atoms with Gasteiger partial charge < -0.3 is 4.79 Å². The van der Waals surface area contributed by atoms with E-state index in [1.165, 1.54) is 23.5 Å². The van der Waals surface area contributed by atoms with Crippen molar-refractivity contribution in [2.75, 3.05) is 5.75 Å². The maximum absolute atomic E-state index is 12.1. The Morgan fingerprint density at radius 3 is 2.05 bits per heavy atom. The summed E-state index contributed by atoms with van der Waals surface area (Å²) in [6, 6.07) is 19.2. The first-order valence-electron chi connectivity index (χ1n) is 6.17. The zero-order valence-corrected chi connectivity index (χ0v) is 12.4. The highest BCUT2D eigenvalue weighted by atomic mass is 32.2. The van der Waals surface area contributed by atoms with E-state index in [2.05, 4.69) is 0 Å². The van der Waals surface area contributed by atoms with Gasteiger partial charge in [-0.3, -0.25) is 4.79 Å². The molecule has 0 aliphatic rings. The molecule has 0 bridgehead atoms. The van der Waals surface area contributed by atoms with Crippen molar-refractivity contribution in [3.8, 4) is 0 Å². The van der Waals surface area contributed by atoms with Gasteiger partial charge in [0.1, 0.15) is 11.5 Å². The van der Waals surface area contributed by atoms with E-state index in [0.29, 0.717) is 5.75 Å². The lowest BCUT2D eigenvalue weighted by Crippen LogP contribution is -2.20. The summed E-state index contributed by atoms with van der Waals surface area (Å²) in [5, 5.41) is -0.631. The molecule has 0 N–H and O–H groups in total. The fourth-order valence-corrected chi connectivity index (χ4v) is 3.39. The summed E-state index contributed by atoms with van der Waals surface area (Å²) in [5.41, 5.74) is 0. The Bertz CT molecular complexity index is 555. The Labute approximate surface area is 127 Å². The summed E-state index contributed by atoms with van der Waals surface area (Å²) in [6.45, 7) is 0. The lowest BCUT2D eigenvalue weighted by atomic mass is 10.3. The number of aldehydes is 1. The molecule has 2 aromatic rings. The predicted molar refractivity (Wildman–Crippen MR) is 84.3 cm³/mol. The number of thioether (sulfide) groups is 2. The van der Waals surface area contributed by atoms with Crippen LogP contribution in [0.2, 0.25) is 0 Å². The number of rotatable bonds is 7. The lowest BCUT2D eigenvalue weighted by Gasteiger charge is -2.08. The van der Waals surface area contributed by atoms with Gasteiger partial charge in [0, 0.05) is 9.79 Å². The number of ketones is 1. The minimum Gasteiger partial charge on any atom is -0.302 e. The number of hydrogen-bond acceptors (Lipinski definition) is 4. The van der Waals surface area contributed by atoms with Gasteiger partial charge in [0.05, 0.1) is 5.75 Å². The number of Topliss-reactive ketones (excluding diaryl/α,β-unsaturated/α-hetero) is 1. The number of carbonyl (C=O) groups is 2. The largest absolute Gasteiger partial charge is 0.302 e. The zero-order valence-electron chi connectivity index (χ0n) is 10.8. The molecule has 0 aliphatic heterocycles. The SMILES string of the molecule is O=CC(Sc1ccccc1)C(=O)CSc1ccccc1. The maximum Gasteiger partial charge on any atom is 0.163 e. The van der Waals surface area contributed by atoms with Crippen LogP contribution in [0.1, 0.15) is 0 Å². The van der Waals surface area contributed by atoms with Gasteiger partial charge in [-0.2, -0.15) is 0 Å². The quantitative estimate of drug-likeness (QED) is 0.443. The zero-order chi connectivity index (χ0) is 14.2. The molecule has 0 saturated heterocycles. The Morgan fingerprint density at radius 2 is 1.50 bits per heavy atom. The van der Waals surface area contributed by atoms with Crippen LogP contribution in [-0.4, -0.2) is 23.1 Å². The molecule has 0 amide bonds. The molecule has 102 valence electrons. The predicted octanol–water partition coefficient (Wildman–Crippen LogP) is 3.71. The third-order valence-corrected chi connectivity index (χ3v) is 4.78. The molecule has 2 nitrogen and oxygen atoms in total. The third-order valence-electron chi connectivity index (χ3n) is 2.57. The second-order valence-corrected chi connectivity index (χ2v) is 6.32. The van der Waals surface area contributed by atoms with E-state index in [4.69, 9.17) is 0 Å². The highest BCUT2D eigenvalue weighted by Crippen LogP contribution is 2.25. The van der Waals surface area contributed by atoms with Crippen molar-refractivity contribution < 1.29 is 9.59 Å². The van der Waals surface area contributed by atoms with Crippen LogP contribution in [0.25, 0.3) is 0 Å². The van der Waals surface area contributed by atoms with Gasteiger partial charge in [0.25, 0.3) is 0 Å². The van der Waals surface area contributed by atoms with Gasteiger partial charge in [-0.15, -0.1) is 23.5 Å². The molecule has 0 aliphatic carbocycles. The van der Waals surface area contributed by atoms with Crippen molar-refractivity contribution >= 4 is 35.6 Å². The Hall–Kier alpha value is -1.52. The van der Waals surface area contributed by atoms with E-state index < -0.39 is 5.25 Å². The molecule has 20 heavy (non-hydrogen) atoms. The first-order valence-corrected chi connectivity index (χ1v) is 8.03. The van der Waals surface area contributed by atoms with Crippen LogP contribution >= 0.6 is 23.5 Å². The minimum absolute atomic E-state index is 0.0530. The van der Waals surface area contributed by atoms with Crippen LogP contribution in [-0.2, 0) is 9.59 Å². The highest BCUT2D eigenvalue weighted by molar-refractivity contribution is 8.02. The topological polar surface area (TPSA) is 34.1 Å². The molecule has 2 rings (SSSR count). The molecule has 4 heteroatoms. The molecule has 2 aromatic carbocycles. The van der Waals surface area contributed by atoms with Gasteiger partial charge in [0.2, 0.25) is 0 Å². The van der Waals surface area contributed by atoms with E-state index in [9.17, 15) is 9.59 Å². The molecule has 1 unspecified atom stereocenters. The monoisotopic (exact) mass is 302 g/mol. The van der Waals surface area contributed by atoms with Crippen molar-refractivity contribution in [2.45, 2.75) is 15.0 Å². The first kappa shape index (κ1) is 14.9. The highest BCUT2D eigenvalue weighted by Gasteiger charge is 2.18. The molecular formula is C16H14O2S2. The summed E-state index contributed by atoms with van der Waals surface area (Å²) < 4.78 is 0. The van der Waals surface area contributed by atoms with E-state index in [1.807, 2.05) is 60.7 Å². The van der Waals surface area contributed by atoms with E-state index >= 15 is 0 Å².